The monoisotopic (exact) mass is 425 g/mol. The molecule has 0 bridgehead atoms. The van der Waals surface area contributed by atoms with Gasteiger partial charge in [0.15, 0.2) is 5.69 Å². The van der Waals surface area contributed by atoms with Gasteiger partial charge < -0.3 is 4.90 Å². The van der Waals surface area contributed by atoms with E-state index in [4.69, 9.17) is 11.6 Å². The van der Waals surface area contributed by atoms with E-state index in [0.717, 1.165) is 5.69 Å². The van der Waals surface area contributed by atoms with Crippen LogP contribution in [0.1, 0.15) is 42.4 Å². The molecule has 8 nitrogen and oxygen atoms in total. The smallest absolute Gasteiger partial charge is 0.276 e. The van der Waals surface area contributed by atoms with Crippen LogP contribution in [0.2, 0.25) is 5.02 Å². The second-order valence-corrected chi connectivity index (χ2v) is 9.23. The molecule has 28 heavy (non-hydrogen) atoms. The van der Waals surface area contributed by atoms with Gasteiger partial charge in [-0.1, -0.05) is 29.8 Å². The van der Waals surface area contributed by atoms with Crippen LogP contribution in [0.3, 0.4) is 0 Å². The number of carbonyl (C=O) groups is 1. The molecule has 2 heterocycles. The van der Waals surface area contributed by atoms with Crippen LogP contribution in [-0.2, 0) is 10.0 Å². The number of likely N-dealkylation sites (tertiary alicyclic amines) is 1. The lowest BCUT2D eigenvalue weighted by molar-refractivity contribution is 0.0704. The number of rotatable bonds is 6. The van der Waals surface area contributed by atoms with Crippen LogP contribution in [-0.4, -0.2) is 59.1 Å². The summed E-state index contributed by atoms with van der Waals surface area (Å²) in [5, 5.41) is 8.74. The zero-order valence-corrected chi connectivity index (χ0v) is 17.5. The van der Waals surface area contributed by atoms with Gasteiger partial charge in [0.1, 0.15) is 0 Å². The molecule has 1 N–H and O–H groups in total. The molecule has 0 atom stereocenters. The highest BCUT2D eigenvalue weighted by molar-refractivity contribution is 7.89. The van der Waals surface area contributed by atoms with Crippen LogP contribution in [0, 0.1) is 6.92 Å². The molecular weight excluding hydrogens is 402 g/mol. The maximum Gasteiger partial charge on any atom is 0.276 e. The topological polar surface area (TPSA) is 97.2 Å². The van der Waals surface area contributed by atoms with Crippen LogP contribution in [0.4, 0.5) is 0 Å². The average Bonchev–Trinajstić information content (AvgIpc) is 3.03. The molecule has 10 heteroatoms. The molecule has 1 fully saturated rings. The van der Waals surface area contributed by atoms with E-state index in [0.29, 0.717) is 48.8 Å². The number of sulfonamides is 1. The number of nitrogens with one attached hydrogen (secondary N) is 1. The molecule has 1 aliphatic heterocycles. The third-order valence-corrected chi connectivity index (χ3v) is 6.62. The minimum atomic E-state index is -3.25. The Hall–Kier alpha value is -1.97. The van der Waals surface area contributed by atoms with E-state index in [9.17, 15) is 13.2 Å². The fourth-order valence-electron chi connectivity index (χ4n) is 3.31. The number of benzene rings is 1. The first-order valence-corrected chi connectivity index (χ1v) is 11.3. The van der Waals surface area contributed by atoms with Crippen LogP contribution in [0.15, 0.2) is 24.3 Å². The predicted molar refractivity (Wildman–Crippen MR) is 107 cm³/mol. The SMILES string of the molecule is CCCS(=O)(=O)NC1CCN(C(=O)c2nnn(-c3cccc(Cl)c3)c2C)CC1. The van der Waals surface area contributed by atoms with E-state index in [1.807, 2.05) is 19.1 Å². The maximum absolute atomic E-state index is 12.9. The van der Waals surface area contributed by atoms with Crippen molar-refractivity contribution in [3.8, 4) is 5.69 Å². The van der Waals surface area contributed by atoms with Crippen molar-refractivity contribution in [3.63, 3.8) is 0 Å². The van der Waals surface area contributed by atoms with E-state index < -0.39 is 10.0 Å². The van der Waals surface area contributed by atoms with E-state index in [1.54, 1.807) is 28.6 Å². The Balaban J connectivity index is 1.66. The fraction of sp³-hybridized carbons (Fsp3) is 0.500. The van der Waals surface area contributed by atoms with Crippen LogP contribution >= 0.6 is 11.6 Å². The highest BCUT2D eigenvalue weighted by atomic mass is 35.5. The quantitative estimate of drug-likeness (QED) is 0.764. The Morgan fingerprint density at radius 3 is 2.68 bits per heavy atom. The number of piperidine rings is 1. The Morgan fingerprint density at radius 1 is 1.32 bits per heavy atom. The molecule has 0 spiro atoms. The van der Waals surface area contributed by atoms with Crippen molar-refractivity contribution in [3.05, 3.63) is 40.7 Å². The average molecular weight is 426 g/mol. The van der Waals surface area contributed by atoms with Gasteiger partial charge in [0.05, 0.1) is 17.1 Å². The van der Waals surface area contributed by atoms with E-state index in [2.05, 4.69) is 15.0 Å². The standard InChI is InChI=1S/C18H24ClN5O3S/c1-3-11-28(26,27)21-15-7-9-23(10-8-15)18(25)17-13(2)24(22-20-17)16-6-4-5-14(19)12-16/h4-6,12,15,21H,3,7-11H2,1-2H3. The van der Waals surface area contributed by atoms with Crippen LogP contribution < -0.4 is 4.72 Å². The summed E-state index contributed by atoms with van der Waals surface area (Å²) in [6.45, 7) is 4.57. The summed E-state index contributed by atoms with van der Waals surface area (Å²) in [4.78, 5) is 14.6. The van der Waals surface area contributed by atoms with Gasteiger partial charge in [-0.2, -0.15) is 0 Å². The van der Waals surface area contributed by atoms with Crippen molar-refractivity contribution in [1.82, 2.24) is 24.6 Å². The molecular formula is C18H24ClN5O3S. The number of hydrogen-bond donors (Lipinski definition) is 1. The highest BCUT2D eigenvalue weighted by Crippen LogP contribution is 2.19. The third-order valence-electron chi connectivity index (χ3n) is 4.75. The number of hydrogen-bond acceptors (Lipinski definition) is 5. The summed E-state index contributed by atoms with van der Waals surface area (Å²) in [5.74, 6) is -0.0709. The van der Waals surface area contributed by atoms with E-state index >= 15 is 0 Å². The van der Waals surface area contributed by atoms with Gasteiger partial charge in [-0.25, -0.2) is 17.8 Å². The second kappa shape index (κ2) is 8.59. The van der Waals surface area contributed by atoms with Crippen molar-refractivity contribution >= 4 is 27.5 Å². The molecule has 1 aromatic carbocycles. The zero-order valence-electron chi connectivity index (χ0n) is 15.9. The molecule has 1 saturated heterocycles. The fourth-order valence-corrected chi connectivity index (χ4v) is 4.90. The summed E-state index contributed by atoms with van der Waals surface area (Å²) in [5.41, 5.74) is 1.67. The Kier molecular flexibility index (Phi) is 6.36. The van der Waals surface area contributed by atoms with Crippen molar-refractivity contribution in [2.24, 2.45) is 0 Å². The molecule has 0 radical (unpaired) electrons. The minimum absolute atomic E-state index is 0.123. The zero-order chi connectivity index (χ0) is 20.3. The number of nitrogens with zero attached hydrogens (tertiary/aromatic N) is 4. The Morgan fingerprint density at radius 2 is 2.04 bits per heavy atom. The van der Waals surface area contributed by atoms with Crippen molar-refractivity contribution in [1.29, 1.82) is 0 Å². The van der Waals surface area contributed by atoms with Gasteiger partial charge in [0.25, 0.3) is 5.91 Å². The number of amides is 1. The van der Waals surface area contributed by atoms with Gasteiger partial charge in [-0.15, -0.1) is 5.10 Å². The molecule has 0 saturated carbocycles. The van der Waals surface area contributed by atoms with E-state index in [-0.39, 0.29) is 17.7 Å². The van der Waals surface area contributed by atoms with Gasteiger partial charge in [-0.3, -0.25) is 4.79 Å². The first-order valence-electron chi connectivity index (χ1n) is 9.28. The Bertz CT molecular complexity index is 952. The lowest BCUT2D eigenvalue weighted by atomic mass is 10.1. The summed E-state index contributed by atoms with van der Waals surface area (Å²) in [6.07, 6.45) is 1.74. The molecule has 3 rings (SSSR count). The van der Waals surface area contributed by atoms with Crippen molar-refractivity contribution in [2.75, 3.05) is 18.8 Å². The van der Waals surface area contributed by atoms with Gasteiger partial charge >= 0.3 is 0 Å². The normalized spacial score (nSPS) is 15.8. The summed E-state index contributed by atoms with van der Waals surface area (Å²) >= 11 is 6.03. The minimum Gasteiger partial charge on any atom is -0.337 e. The van der Waals surface area contributed by atoms with Gasteiger partial charge in [0, 0.05) is 24.2 Å². The highest BCUT2D eigenvalue weighted by Gasteiger charge is 2.29. The number of halogens is 1. The molecule has 1 aliphatic rings. The second-order valence-electron chi connectivity index (χ2n) is 6.92. The first-order chi connectivity index (χ1) is 13.3. The molecule has 1 amide bonds. The third kappa shape index (κ3) is 4.71. The lowest BCUT2D eigenvalue weighted by Gasteiger charge is -2.31. The summed E-state index contributed by atoms with van der Waals surface area (Å²) in [7, 11) is -3.25. The molecule has 0 unspecified atom stereocenters. The van der Waals surface area contributed by atoms with Gasteiger partial charge in [-0.05, 0) is 44.4 Å². The summed E-state index contributed by atoms with van der Waals surface area (Å²) < 4.78 is 28.2. The number of carbonyl (C=O) groups excluding carboxylic acids is 1. The summed E-state index contributed by atoms with van der Waals surface area (Å²) in [6, 6.07) is 7.04. The molecule has 1 aromatic heterocycles. The first kappa shape index (κ1) is 20.8. The number of aromatic nitrogens is 3. The predicted octanol–water partition coefficient (Wildman–Crippen LogP) is 2.16. The van der Waals surface area contributed by atoms with E-state index in [1.165, 1.54) is 0 Å². The van der Waals surface area contributed by atoms with Crippen molar-refractivity contribution < 1.29 is 13.2 Å². The lowest BCUT2D eigenvalue weighted by Crippen LogP contribution is -2.47. The maximum atomic E-state index is 12.9. The van der Waals surface area contributed by atoms with Crippen molar-refractivity contribution in [2.45, 2.75) is 39.2 Å². The van der Waals surface area contributed by atoms with Gasteiger partial charge in [0.2, 0.25) is 10.0 Å². The van der Waals surface area contributed by atoms with Crippen LogP contribution in [0.25, 0.3) is 5.69 Å². The molecule has 0 aliphatic carbocycles. The van der Waals surface area contributed by atoms with Crippen LogP contribution in [0.5, 0.6) is 0 Å². The molecule has 2 aromatic rings. The largest absolute Gasteiger partial charge is 0.337 e. The molecule has 152 valence electrons. The Labute approximate surface area is 169 Å².